The van der Waals surface area contributed by atoms with Crippen molar-refractivity contribution in [2.45, 2.75) is 77.0 Å². The van der Waals surface area contributed by atoms with Crippen LogP contribution in [0.15, 0.2) is 66.7 Å². The fraction of sp³-hybridized carbons (Fsp3) is 0.471. The van der Waals surface area contributed by atoms with Gasteiger partial charge in [-0.05, 0) is 91.3 Å². The number of rotatable bonds is 13. The molecule has 1 saturated carbocycles. The van der Waals surface area contributed by atoms with Crippen molar-refractivity contribution in [2.75, 3.05) is 20.7 Å². The summed E-state index contributed by atoms with van der Waals surface area (Å²) in [4.78, 5) is 0. The van der Waals surface area contributed by atoms with Gasteiger partial charge in [-0.15, -0.1) is 0 Å². The molecule has 0 aliphatic heterocycles. The van der Waals surface area contributed by atoms with Crippen LogP contribution in [0.4, 0.5) is 4.39 Å². The summed E-state index contributed by atoms with van der Waals surface area (Å²) in [6.45, 7) is 3.24. The lowest BCUT2D eigenvalue weighted by atomic mass is 9.77. The van der Waals surface area contributed by atoms with E-state index in [1.807, 2.05) is 31.3 Å². The van der Waals surface area contributed by atoms with Gasteiger partial charge in [0.1, 0.15) is 5.82 Å². The second kappa shape index (κ2) is 14.9. The standard InChI is InChI=1S/C34H44FNOS/c1-4-5-6-8-26-10-14-28(15-11-26)29-18-20-30(21-19-29)32-22-23-33(34(35)25-32)31-16-12-27(13-17-31)9-7-24-36(2)38-37-3/h12-13,16-23,25-26,28H,4-11,14-15,24H2,1-3H3. The van der Waals surface area contributed by atoms with Gasteiger partial charge in [0.15, 0.2) is 0 Å². The van der Waals surface area contributed by atoms with Gasteiger partial charge >= 0.3 is 0 Å². The fourth-order valence-electron chi connectivity index (χ4n) is 5.87. The minimum Gasteiger partial charge on any atom is -0.304 e. The third-order valence-corrected chi connectivity index (χ3v) is 8.74. The van der Waals surface area contributed by atoms with Crippen molar-refractivity contribution >= 4 is 12.2 Å². The SMILES string of the molecule is CCCCCC1CCC(c2ccc(-c3ccc(-c4ccc(CCCN(C)SOC)cc4)c(F)c3)cc2)CC1. The molecule has 0 bridgehead atoms. The maximum Gasteiger partial charge on any atom is 0.131 e. The quantitative estimate of drug-likeness (QED) is 0.123. The van der Waals surface area contributed by atoms with Crippen LogP contribution in [0.25, 0.3) is 22.3 Å². The Labute approximate surface area is 234 Å². The van der Waals surface area contributed by atoms with Crippen molar-refractivity contribution in [1.82, 2.24) is 4.31 Å². The highest BCUT2D eigenvalue weighted by atomic mass is 32.2. The lowest BCUT2D eigenvalue weighted by molar-refractivity contribution is 0.303. The van der Waals surface area contributed by atoms with Crippen LogP contribution in [0.5, 0.6) is 0 Å². The summed E-state index contributed by atoms with van der Waals surface area (Å²) in [6, 6.07) is 22.8. The topological polar surface area (TPSA) is 12.5 Å². The minimum absolute atomic E-state index is 0.168. The molecule has 3 aromatic rings. The van der Waals surface area contributed by atoms with E-state index in [1.54, 1.807) is 13.2 Å². The first-order valence-electron chi connectivity index (χ1n) is 14.5. The number of unbranched alkanes of at least 4 members (excludes halogenated alkanes) is 2. The largest absolute Gasteiger partial charge is 0.304 e. The Balaban J connectivity index is 1.32. The van der Waals surface area contributed by atoms with Crippen LogP contribution in [0.3, 0.4) is 0 Å². The van der Waals surface area contributed by atoms with E-state index in [4.69, 9.17) is 4.18 Å². The molecule has 1 aliphatic rings. The normalized spacial score (nSPS) is 17.7. The predicted molar refractivity (Wildman–Crippen MR) is 162 cm³/mol. The minimum atomic E-state index is -0.168. The van der Waals surface area contributed by atoms with E-state index in [0.717, 1.165) is 42.0 Å². The summed E-state index contributed by atoms with van der Waals surface area (Å²) in [5.74, 6) is 1.44. The molecule has 38 heavy (non-hydrogen) atoms. The zero-order valence-corrected chi connectivity index (χ0v) is 24.2. The Kier molecular flexibility index (Phi) is 11.3. The molecule has 4 heteroatoms. The van der Waals surface area contributed by atoms with Gasteiger partial charge in [0.25, 0.3) is 0 Å². The Hall–Kier alpha value is -2.14. The lowest BCUT2D eigenvalue weighted by Gasteiger charge is -2.29. The van der Waals surface area contributed by atoms with Crippen LogP contribution in [0.1, 0.15) is 81.8 Å². The highest BCUT2D eigenvalue weighted by Gasteiger charge is 2.22. The summed E-state index contributed by atoms with van der Waals surface area (Å²) >= 11 is 1.37. The van der Waals surface area contributed by atoms with Gasteiger partial charge in [0, 0.05) is 12.1 Å². The molecule has 4 rings (SSSR count). The molecule has 0 atom stereocenters. The maximum absolute atomic E-state index is 15.2. The van der Waals surface area contributed by atoms with Gasteiger partial charge in [-0.2, -0.15) is 0 Å². The Bertz CT molecular complexity index is 1110. The van der Waals surface area contributed by atoms with E-state index in [-0.39, 0.29) is 5.82 Å². The summed E-state index contributed by atoms with van der Waals surface area (Å²) in [7, 11) is 3.71. The van der Waals surface area contributed by atoms with Crippen LogP contribution in [-0.4, -0.2) is 25.0 Å². The number of nitrogens with zero attached hydrogens (tertiary/aromatic N) is 1. The van der Waals surface area contributed by atoms with Gasteiger partial charge in [0.05, 0.1) is 19.3 Å². The zero-order chi connectivity index (χ0) is 26.7. The first kappa shape index (κ1) is 28.9. The van der Waals surface area contributed by atoms with Gasteiger partial charge in [-0.25, -0.2) is 8.70 Å². The second-order valence-electron chi connectivity index (χ2n) is 10.9. The Morgan fingerprint density at radius 1 is 0.842 bits per heavy atom. The van der Waals surface area contributed by atoms with Crippen molar-refractivity contribution < 1.29 is 8.57 Å². The lowest BCUT2D eigenvalue weighted by Crippen LogP contribution is -2.13. The van der Waals surface area contributed by atoms with Crippen LogP contribution in [-0.2, 0) is 10.6 Å². The molecule has 0 aromatic heterocycles. The van der Waals surface area contributed by atoms with Crippen LogP contribution < -0.4 is 0 Å². The van der Waals surface area contributed by atoms with Crippen molar-refractivity contribution in [2.24, 2.45) is 5.92 Å². The molecule has 3 aromatic carbocycles. The van der Waals surface area contributed by atoms with Crippen LogP contribution >= 0.6 is 12.2 Å². The summed E-state index contributed by atoms with van der Waals surface area (Å²) in [5, 5.41) is 0. The Morgan fingerprint density at radius 2 is 1.53 bits per heavy atom. The third kappa shape index (κ3) is 8.18. The average Bonchev–Trinajstić information content (AvgIpc) is 2.94. The average molecular weight is 534 g/mol. The van der Waals surface area contributed by atoms with E-state index in [1.165, 1.54) is 74.7 Å². The van der Waals surface area contributed by atoms with Gasteiger partial charge in [-0.3, -0.25) is 0 Å². The highest BCUT2D eigenvalue weighted by molar-refractivity contribution is 7.92. The number of hydrogen-bond donors (Lipinski definition) is 0. The van der Waals surface area contributed by atoms with E-state index in [9.17, 15) is 0 Å². The molecule has 1 fully saturated rings. The van der Waals surface area contributed by atoms with Crippen molar-refractivity contribution in [1.29, 1.82) is 0 Å². The number of hydrogen-bond acceptors (Lipinski definition) is 3. The zero-order valence-electron chi connectivity index (χ0n) is 23.4. The molecule has 0 spiro atoms. The number of halogens is 1. The van der Waals surface area contributed by atoms with Gasteiger partial charge < -0.3 is 4.18 Å². The van der Waals surface area contributed by atoms with Crippen molar-refractivity contribution in [3.8, 4) is 22.3 Å². The first-order valence-corrected chi connectivity index (χ1v) is 15.2. The molecule has 0 radical (unpaired) electrons. The fourth-order valence-corrected chi connectivity index (χ4v) is 6.32. The number of benzene rings is 3. The summed E-state index contributed by atoms with van der Waals surface area (Å²) in [5.41, 5.74) is 6.31. The second-order valence-corrected chi connectivity index (χ2v) is 12.0. The monoisotopic (exact) mass is 533 g/mol. The molecule has 0 N–H and O–H groups in total. The van der Waals surface area contributed by atoms with Crippen molar-refractivity contribution in [3.05, 3.63) is 83.7 Å². The van der Waals surface area contributed by atoms with E-state index < -0.39 is 0 Å². The van der Waals surface area contributed by atoms with E-state index in [2.05, 4.69) is 47.6 Å². The first-order chi connectivity index (χ1) is 18.6. The molecule has 204 valence electrons. The molecule has 0 amide bonds. The maximum atomic E-state index is 15.2. The van der Waals surface area contributed by atoms with Gasteiger partial charge in [-0.1, -0.05) is 93.3 Å². The number of aryl methyl sites for hydroxylation is 1. The Morgan fingerprint density at radius 3 is 2.18 bits per heavy atom. The highest BCUT2D eigenvalue weighted by Crippen LogP contribution is 2.38. The van der Waals surface area contributed by atoms with Crippen molar-refractivity contribution in [3.63, 3.8) is 0 Å². The summed E-state index contributed by atoms with van der Waals surface area (Å²) in [6.07, 6.45) is 12.9. The van der Waals surface area contributed by atoms with Crippen LogP contribution in [0.2, 0.25) is 0 Å². The molecule has 0 heterocycles. The van der Waals surface area contributed by atoms with Crippen LogP contribution in [0, 0.1) is 11.7 Å². The molecule has 1 aliphatic carbocycles. The van der Waals surface area contributed by atoms with Gasteiger partial charge in [0.2, 0.25) is 0 Å². The van der Waals surface area contributed by atoms with E-state index in [0.29, 0.717) is 11.5 Å². The third-order valence-electron chi connectivity index (χ3n) is 8.15. The predicted octanol–water partition coefficient (Wildman–Crippen LogP) is 10.1. The van der Waals surface area contributed by atoms with E-state index >= 15 is 4.39 Å². The smallest absolute Gasteiger partial charge is 0.131 e. The molecular weight excluding hydrogens is 489 g/mol. The molecule has 2 nitrogen and oxygen atoms in total. The molecule has 0 unspecified atom stereocenters. The summed E-state index contributed by atoms with van der Waals surface area (Å²) < 4.78 is 22.3. The molecule has 0 saturated heterocycles. The molecular formula is C34H44FNOS.